The van der Waals surface area contributed by atoms with Gasteiger partial charge in [0, 0.05) is 23.7 Å². The molecule has 0 aromatic heterocycles. The lowest BCUT2D eigenvalue weighted by Gasteiger charge is -2.49. The molecule has 0 aliphatic heterocycles. The molecule has 4 aliphatic carbocycles. The molecule has 3 unspecified atom stereocenters. The molecule has 254 valence electrons. The van der Waals surface area contributed by atoms with Crippen LogP contribution in [0, 0.1) is 40.4 Å². The molecule has 0 aromatic carbocycles. The van der Waals surface area contributed by atoms with Crippen LogP contribution in [0.3, 0.4) is 0 Å². The highest BCUT2D eigenvalue weighted by Gasteiger charge is 2.83. The Hall–Kier alpha value is -1.99. The molecule has 45 heavy (non-hydrogen) atoms. The molecule has 0 aromatic rings. The molecule has 2 saturated carbocycles. The summed E-state index contributed by atoms with van der Waals surface area (Å²) >= 11 is 0. The van der Waals surface area contributed by atoms with E-state index in [9.17, 15) is 24.6 Å². The monoisotopic (exact) mass is 628 g/mol. The fourth-order valence-corrected chi connectivity index (χ4v) is 9.20. The maximum absolute atomic E-state index is 14.8. The smallest absolute Gasteiger partial charge is 0.309 e. The zero-order valence-electron chi connectivity index (χ0n) is 29.4. The van der Waals surface area contributed by atoms with Gasteiger partial charge in [-0.25, -0.2) is 0 Å². The van der Waals surface area contributed by atoms with Crippen LogP contribution in [0.25, 0.3) is 0 Å². The highest BCUT2D eigenvalue weighted by Crippen LogP contribution is 2.75. The van der Waals surface area contributed by atoms with Gasteiger partial charge in [0.2, 0.25) is 0 Å². The Kier molecular flexibility index (Phi) is 10.6. The van der Waals surface area contributed by atoms with Gasteiger partial charge >= 0.3 is 11.9 Å². The molecule has 0 saturated heterocycles. The first-order valence-corrected chi connectivity index (χ1v) is 17.8. The molecular formula is C38H60O7. The van der Waals surface area contributed by atoms with E-state index >= 15 is 0 Å². The Labute approximate surface area is 271 Å². The number of hydrogen-bond acceptors (Lipinski definition) is 7. The number of aliphatic hydroxyl groups excluding tert-OH is 1. The summed E-state index contributed by atoms with van der Waals surface area (Å²) in [6, 6.07) is 0. The van der Waals surface area contributed by atoms with Crippen molar-refractivity contribution in [2.45, 2.75) is 156 Å². The summed E-state index contributed by atoms with van der Waals surface area (Å²) in [5.74, 6) is -2.77. The van der Waals surface area contributed by atoms with E-state index < -0.39 is 58.0 Å². The van der Waals surface area contributed by atoms with Crippen LogP contribution < -0.4 is 0 Å². The number of carbonyl (C=O) groups is 3. The van der Waals surface area contributed by atoms with Crippen molar-refractivity contribution in [1.29, 1.82) is 0 Å². The molecule has 0 amide bonds. The lowest BCUT2D eigenvalue weighted by molar-refractivity contribution is -0.207. The molecule has 4 rings (SSSR count). The zero-order chi connectivity index (χ0) is 33.5. The second kappa shape index (κ2) is 13.3. The average Bonchev–Trinajstić information content (AvgIpc) is 3.39. The van der Waals surface area contributed by atoms with Gasteiger partial charge in [0.05, 0.1) is 11.3 Å². The molecule has 2 N–H and O–H groups in total. The number of carbonyl (C=O) groups excluding carboxylic acids is 3. The van der Waals surface area contributed by atoms with Gasteiger partial charge in [0.25, 0.3) is 0 Å². The van der Waals surface area contributed by atoms with Crippen LogP contribution >= 0.6 is 0 Å². The molecule has 0 radical (unpaired) electrons. The zero-order valence-corrected chi connectivity index (χ0v) is 29.4. The summed E-state index contributed by atoms with van der Waals surface area (Å²) in [5, 5.41) is 24.3. The quantitative estimate of drug-likeness (QED) is 0.118. The van der Waals surface area contributed by atoms with Crippen LogP contribution in [-0.4, -0.2) is 51.3 Å². The largest absolute Gasteiger partial charge is 0.458 e. The van der Waals surface area contributed by atoms with Gasteiger partial charge in [-0.15, -0.1) is 0 Å². The van der Waals surface area contributed by atoms with Crippen LogP contribution in [0.15, 0.2) is 23.3 Å². The topological polar surface area (TPSA) is 110 Å². The van der Waals surface area contributed by atoms with Crippen molar-refractivity contribution in [3.05, 3.63) is 23.3 Å². The number of ether oxygens (including phenoxy) is 2. The normalized spacial score (nSPS) is 37.1. The van der Waals surface area contributed by atoms with E-state index in [2.05, 4.69) is 20.8 Å². The van der Waals surface area contributed by atoms with Gasteiger partial charge in [-0.3, -0.25) is 14.4 Å². The van der Waals surface area contributed by atoms with E-state index in [0.29, 0.717) is 24.0 Å². The first-order chi connectivity index (χ1) is 21.0. The fraction of sp³-hybridized carbons (Fsp3) is 0.816. The summed E-state index contributed by atoms with van der Waals surface area (Å²) in [4.78, 5) is 41.5. The number of allylic oxidation sites excluding steroid dienone is 1. The third-order valence-electron chi connectivity index (χ3n) is 12.4. The lowest BCUT2D eigenvalue weighted by Crippen LogP contribution is -2.66. The fourth-order valence-electron chi connectivity index (χ4n) is 9.20. The van der Waals surface area contributed by atoms with Gasteiger partial charge in [0.1, 0.15) is 11.7 Å². The van der Waals surface area contributed by atoms with Gasteiger partial charge in [-0.1, -0.05) is 112 Å². The second-order valence-corrected chi connectivity index (χ2v) is 15.9. The van der Waals surface area contributed by atoms with Crippen molar-refractivity contribution in [1.82, 2.24) is 0 Å². The SMILES string of the molecule is CCCCCCCCCCCC(=O)O[C@@]12C[C@@H](C)[C@]34C=C(C)[C@H](O)[C@@]3(O)[C@H](OC(=O)C(C)C(C)C)C(C)=CC(C4=O)C1C2(C)C. The molecule has 2 fully saturated rings. The van der Waals surface area contributed by atoms with Gasteiger partial charge in [-0.2, -0.15) is 0 Å². The number of unbranched alkanes of at least 4 members (excludes halogenated alkanes) is 8. The molecule has 9 atom stereocenters. The molecule has 4 aliphatic rings. The van der Waals surface area contributed by atoms with Gasteiger partial charge in [-0.05, 0) is 49.7 Å². The number of esters is 2. The Morgan fingerprint density at radius 3 is 2.13 bits per heavy atom. The first kappa shape index (κ1) is 35.9. The summed E-state index contributed by atoms with van der Waals surface area (Å²) in [6.45, 7) is 17.4. The summed E-state index contributed by atoms with van der Waals surface area (Å²) in [6.07, 6.45) is 12.1. The molecule has 7 heteroatoms. The Morgan fingerprint density at radius 1 is 0.978 bits per heavy atom. The second-order valence-electron chi connectivity index (χ2n) is 15.9. The summed E-state index contributed by atoms with van der Waals surface area (Å²) < 4.78 is 12.5. The molecule has 1 spiro atoms. The van der Waals surface area contributed by atoms with Crippen molar-refractivity contribution >= 4 is 17.7 Å². The van der Waals surface area contributed by atoms with Crippen LogP contribution in [0.1, 0.15) is 133 Å². The number of ketones is 1. The molecular weight excluding hydrogens is 568 g/mol. The Morgan fingerprint density at radius 2 is 1.56 bits per heavy atom. The minimum atomic E-state index is -2.09. The van der Waals surface area contributed by atoms with Gasteiger partial charge in [0.15, 0.2) is 17.5 Å². The highest BCUT2D eigenvalue weighted by atomic mass is 16.6. The van der Waals surface area contributed by atoms with Crippen molar-refractivity contribution in [3.8, 4) is 0 Å². The maximum atomic E-state index is 14.8. The summed E-state index contributed by atoms with van der Waals surface area (Å²) in [5.41, 5.74) is -3.91. The minimum Gasteiger partial charge on any atom is -0.458 e. The number of Topliss-reactive ketones (excluding diaryl/α,β-unsaturated/α-hetero) is 1. The number of rotatable bonds is 14. The first-order valence-electron chi connectivity index (χ1n) is 17.8. The highest BCUT2D eigenvalue weighted by molar-refractivity contribution is 5.96. The predicted molar refractivity (Wildman–Crippen MR) is 175 cm³/mol. The van der Waals surface area contributed by atoms with E-state index in [1.165, 1.54) is 38.5 Å². The average molecular weight is 629 g/mol. The maximum Gasteiger partial charge on any atom is 0.309 e. The van der Waals surface area contributed by atoms with E-state index in [-0.39, 0.29) is 23.6 Å². The van der Waals surface area contributed by atoms with Crippen LogP contribution in [0.5, 0.6) is 0 Å². The lowest BCUT2D eigenvalue weighted by atomic mass is 9.59. The number of fused-ring (bicyclic) bond motifs is 3. The van der Waals surface area contributed by atoms with E-state index in [0.717, 1.165) is 19.3 Å². The number of hydrogen-bond donors (Lipinski definition) is 2. The molecule has 2 bridgehead atoms. The van der Waals surface area contributed by atoms with Crippen molar-refractivity contribution in [2.75, 3.05) is 0 Å². The summed E-state index contributed by atoms with van der Waals surface area (Å²) in [7, 11) is 0. The molecule has 7 nitrogen and oxygen atoms in total. The van der Waals surface area contributed by atoms with E-state index in [1.54, 1.807) is 26.8 Å². The van der Waals surface area contributed by atoms with E-state index in [4.69, 9.17) is 9.47 Å². The van der Waals surface area contributed by atoms with Crippen molar-refractivity contribution in [3.63, 3.8) is 0 Å². The Balaban J connectivity index is 1.60. The minimum absolute atomic E-state index is 0.0191. The predicted octanol–water partition coefficient (Wildman–Crippen LogP) is 7.27. The van der Waals surface area contributed by atoms with Crippen LogP contribution in [-0.2, 0) is 23.9 Å². The van der Waals surface area contributed by atoms with Crippen LogP contribution in [0.2, 0.25) is 0 Å². The third kappa shape index (κ3) is 5.76. The number of aliphatic hydroxyl groups is 2. The van der Waals surface area contributed by atoms with Crippen LogP contribution in [0.4, 0.5) is 0 Å². The van der Waals surface area contributed by atoms with Crippen molar-refractivity contribution < 1.29 is 34.1 Å². The van der Waals surface area contributed by atoms with Gasteiger partial charge < -0.3 is 19.7 Å². The van der Waals surface area contributed by atoms with Crippen molar-refractivity contribution in [2.24, 2.45) is 40.4 Å². The Bertz CT molecular complexity index is 1200. The standard InChI is InChI=1S/C38H60O7/c1-10-11-12-13-14-15-16-17-18-19-29(39)45-37-22-26(6)36-21-25(5)31(40)38(36,43)33(44-34(42)27(7)23(2)3)24(4)20-28(32(36)41)30(37)35(37,8)9/h20-21,23,26-28,30-31,33,40,43H,10-19,22H2,1-9H3/t26-,27?,28?,30?,31+,33-,36+,37+,38-/m1/s1. The third-order valence-corrected chi connectivity index (χ3v) is 12.4. The molecule has 0 heterocycles. The van der Waals surface area contributed by atoms with E-state index in [1.807, 2.05) is 26.8 Å².